The summed E-state index contributed by atoms with van der Waals surface area (Å²) >= 11 is 0. The van der Waals surface area contributed by atoms with Crippen LogP contribution < -0.4 is 17.2 Å². The van der Waals surface area contributed by atoms with Gasteiger partial charge in [-0.3, -0.25) is 0 Å². The molecule has 5 heteroatoms. The van der Waals surface area contributed by atoms with E-state index in [-0.39, 0.29) is 6.17 Å². The third-order valence-electron chi connectivity index (χ3n) is 2.19. The van der Waals surface area contributed by atoms with Crippen LogP contribution in [0.5, 0.6) is 0 Å². The van der Waals surface area contributed by atoms with Gasteiger partial charge in [-0.05, 0) is 32.7 Å². The van der Waals surface area contributed by atoms with Crippen molar-refractivity contribution in [1.82, 2.24) is 4.90 Å². The van der Waals surface area contributed by atoms with Gasteiger partial charge in [-0.15, -0.1) is 0 Å². The van der Waals surface area contributed by atoms with Gasteiger partial charge in [0.25, 0.3) is 0 Å². The number of hydrogen-bond donors (Lipinski definition) is 3. The van der Waals surface area contributed by atoms with Crippen molar-refractivity contribution in [3.8, 4) is 0 Å². The Labute approximate surface area is 98.4 Å². The van der Waals surface area contributed by atoms with Crippen molar-refractivity contribution in [2.24, 2.45) is 22.2 Å². The smallest absolute Gasteiger partial charge is 0.197 e. The van der Waals surface area contributed by atoms with Gasteiger partial charge in [-0.1, -0.05) is 13.0 Å². The zero-order valence-electron chi connectivity index (χ0n) is 10.4. The second-order valence-electron chi connectivity index (χ2n) is 3.71. The summed E-state index contributed by atoms with van der Waals surface area (Å²) in [6.45, 7) is 5.44. The molecular weight excluding hydrogens is 202 g/mol. The van der Waals surface area contributed by atoms with Gasteiger partial charge >= 0.3 is 0 Å². The SMILES string of the molecule is CC/C=C/N=C(/N)N(CCCCN)C(C)N. The fourth-order valence-electron chi connectivity index (χ4n) is 1.26. The van der Waals surface area contributed by atoms with E-state index in [1.807, 2.05) is 24.8 Å². The van der Waals surface area contributed by atoms with Crippen molar-refractivity contribution in [3.05, 3.63) is 12.3 Å². The van der Waals surface area contributed by atoms with Crippen molar-refractivity contribution >= 4 is 5.96 Å². The van der Waals surface area contributed by atoms with Crippen LogP contribution in [0.4, 0.5) is 0 Å². The van der Waals surface area contributed by atoms with E-state index in [1.54, 1.807) is 6.20 Å². The minimum atomic E-state index is -0.128. The molecule has 0 rings (SSSR count). The topological polar surface area (TPSA) is 93.7 Å². The lowest BCUT2D eigenvalue weighted by Crippen LogP contribution is -2.48. The van der Waals surface area contributed by atoms with E-state index in [0.717, 1.165) is 25.8 Å². The van der Waals surface area contributed by atoms with Gasteiger partial charge in [0.2, 0.25) is 0 Å². The molecule has 6 N–H and O–H groups in total. The first kappa shape index (κ1) is 14.9. The monoisotopic (exact) mass is 227 g/mol. The predicted octanol–water partition coefficient (Wildman–Crippen LogP) is 0.570. The molecule has 0 bridgehead atoms. The van der Waals surface area contributed by atoms with Crippen LogP contribution in [0.3, 0.4) is 0 Å². The van der Waals surface area contributed by atoms with Crippen LogP contribution in [-0.2, 0) is 0 Å². The molecule has 0 amide bonds. The molecule has 0 aromatic carbocycles. The number of rotatable bonds is 7. The molecule has 0 saturated carbocycles. The molecule has 0 spiro atoms. The summed E-state index contributed by atoms with van der Waals surface area (Å²) in [6, 6.07) is 0. The highest BCUT2D eigenvalue weighted by Gasteiger charge is 2.10. The number of aliphatic imine (C=N–C) groups is 1. The lowest BCUT2D eigenvalue weighted by molar-refractivity contribution is 0.326. The molecule has 0 saturated heterocycles. The third kappa shape index (κ3) is 6.42. The standard InChI is InChI=1S/C11H25N5/c1-3-4-8-15-11(14)16(10(2)13)9-6-5-7-12/h4,8,10H,3,5-7,9,12-13H2,1-2H3,(H2,14,15)/b8-4+. The van der Waals surface area contributed by atoms with Gasteiger partial charge in [0.05, 0.1) is 6.17 Å². The highest BCUT2D eigenvalue weighted by Crippen LogP contribution is 1.98. The molecule has 0 aliphatic rings. The maximum atomic E-state index is 5.86. The quantitative estimate of drug-likeness (QED) is 0.256. The molecule has 16 heavy (non-hydrogen) atoms. The van der Waals surface area contributed by atoms with Gasteiger partial charge in [-0.2, -0.15) is 0 Å². The Morgan fingerprint density at radius 1 is 1.44 bits per heavy atom. The van der Waals surface area contributed by atoms with E-state index in [0.29, 0.717) is 12.5 Å². The van der Waals surface area contributed by atoms with Gasteiger partial charge in [0.15, 0.2) is 5.96 Å². The molecular formula is C11H25N5. The Kier molecular flexibility index (Phi) is 8.56. The van der Waals surface area contributed by atoms with E-state index in [2.05, 4.69) is 4.99 Å². The first-order chi connectivity index (χ1) is 7.63. The van der Waals surface area contributed by atoms with E-state index >= 15 is 0 Å². The maximum absolute atomic E-state index is 5.86. The van der Waals surface area contributed by atoms with Crippen LogP contribution in [-0.4, -0.2) is 30.1 Å². The Morgan fingerprint density at radius 2 is 2.12 bits per heavy atom. The second-order valence-corrected chi connectivity index (χ2v) is 3.71. The minimum absolute atomic E-state index is 0.128. The molecule has 0 aromatic heterocycles. The zero-order chi connectivity index (χ0) is 12.4. The molecule has 1 atom stereocenters. The van der Waals surface area contributed by atoms with Gasteiger partial charge in [0, 0.05) is 12.7 Å². The van der Waals surface area contributed by atoms with Crippen LogP contribution in [0.2, 0.25) is 0 Å². The first-order valence-corrected chi connectivity index (χ1v) is 5.84. The predicted molar refractivity (Wildman–Crippen MR) is 69.7 cm³/mol. The molecule has 0 aliphatic heterocycles. The Bertz CT molecular complexity index is 222. The number of allylic oxidation sites excluding steroid dienone is 1. The normalized spacial score (nSPS) is 14.4. The molecule has 0 aromatic rings. The van der Waals surface area contributed by atoms with Crippen molar-refractivity contribution < 1.29 is 0 Å². The maximum Gasteiger partial charge on any atom is 0.197 e. The molecule has 94 valence electrons. The average molecular weight is 227 g/mol. The molecule has 0 fully saturated rings. The van der Waals surface area contributed by atoms with Crippen LogP contribution in [0.25, 0.3) is 0 Å². The first-order valence-electron chi connectivity index (χ1n) is 5.84. The van der Waals surface area contributed by atoms with Crippen molar-refractivity contribution in [3.63, 3.8) is 0 Å². The molecule has 0 radical (unpaired) electrons. The Morgan fingerprint density at radius 3 is 2.62 bits per heavy atom. The highest BCUT2D eigenvalue weighted by molar-refractivity contribution is 5.78. The fraction of sp³-hybridized carbons (Fsp3) is 0.727. The number of nitrogens with zero attached hydrogens (tertiary/aromatic N) is 2. The summed E-state index contributed by atoms with van der Waals surface area (Å²) in [5, 5.41) is 0. The molecule has 1 unspecified atom stereocenters. The van der Waals surface area contributed by atoms with E-state index in [1.165, 1.54) is 0 Å². The lowest BCUT2D eigenvalue weighted by atomic mass is 10.3. The van der Waals surface area contributed by atoms with Gasteiger partial charge in [-0.25, -0.2) is 4.99 Å². The molecule has 0 heterocycles. The highest BCUT2D eigenvalue weighted by atomic mass is 15.3. The van der Waals surface area contributed by atoms with E-state index < -0.39 is 0 Å². The van der Waals surface area contributed by atoms with Crippen molar-refractivity contribution in [2.75, 3.05) is 13.1 Å². The zero-order valence-corrected chi connectivity index (χ0v) is 10.4. The summed E-state index contributed by atoms with van der Waals surface area (Å²) in [5.74, 6) is 0.469. The summed E-state index contributed by atoms with van der Waals surface area (Å²) in [5.41, 5.74) is 17.1. The molecule has 5 nitrogen and oxygen atoms in total. The van der Waals surface area contributed by atoms with E-state index in [9.17, 15) is 0 Å². The summed E-state index contributed by atoms with van der Waals surface area (Å²) in [4.78, 5) is 6.03. The third-order valence-corrected chi connectivity index (χ3v) is 2.19. The minimum Gasteiger partial charge on any atom is -0.369 e. The Balaban J connectivity index is 4.28. The lowest BCUT2D eigenvalue weighted by Gasteiger charge is -2.27. The number of unbranched alkanes of at least 4 members (excludes halogenated alkanes) is 1. The van der Waals surface area contributed by atoms with E-state index in [4.69, 9.17) is 17.2 Å². The largest absolute Gasteiger partial charge is 0.369 e. The second kappa shape index (κ2) is 9.18. The van der Waals surface area contributed by atoms with Crippen LogP contribution in [0.15, 0.2) is 17.3 Å². The van der Waals surface area contributed by atoms with Crippen LogP contribution >= 0.6 is 0 Å². The Hall–Kier alpha value is -1.07. The van der Waals surface area contributed by atoms with Gasteiger partial charge < -0.3 is 22.1 Å². The van der Waals surface area contributed by atoms with Crippen molar-refractivity contribution in [2.45, 2.75) is 39.3 Å². The van der Waals surface area contributed by atoms with Crippen LogP contribution in [0, 0.1) is 0 Å². The van der Waals surface area contributed by atoms with Gasteiger partial charge in [0.1, 0.15) is 0 Å². The summed E-state index contributed by atoms with van der Waals surface area (Å²) in [7, 11) is 0. The van der Waals surface area contributed by atoms with Crippen LogP contribution in [0.1, 0.15) is 33.1 Å². The number of hydrogen-bond acceptors (Lipinski definition) is 3. The summed E-state index contributed by atoms with van der Waals surface area (Å²) in [6.07, 6.45) is 6.44. The molecule has 0 aliphatic carbocycles. The number of guanidine groups is 1. The summed E-state index contributed by atoms with van der Waals surface area (Å²) < 4.78 is 0. The number of nitrogens with two attached hydrogens (primary N) is 3. The van der Waals surface area contributed by atoms with Crippen molar-refractivity contribution in [1.29, 1.82) is 0 Å². The average Bonchev–Trinajstić information content (AvgIpc) is 2.24. The fourth-order valence-corrected chi connectivity index (χ4v) is 1.26.